The SMILES string of the molecule is CC(=O)N[C@H]1[C@H](OCCCCCCNC(=O)CN(CCSC(c2ccccc2)(c2ccccc2)c2ccccc2)CC(=O)NCCSC(c2ccccc2)(c2ccccc2)c2ccccc2)O[C@H](CO)[C@H](O)[C@@H]1O. The fraction of sp³-hybridized carbons (Fsp3) is 0.350. The van der Waals surface area contributed by atoms with Gasteiger partial charge in [0.15, 0.2) is 6.29 Å². The van der Waals surface area contributed by atoms with E-state index in [1.807, 2.05) is 41.3 Å². The summed E-state index contributed by atoms with van der Waals surface area (Å²) in [6.45, 7) is 2.47. The van der Waals surface area contributed by atoms with Crippen LogP contribution in [-0.4, -0.2) is 126 Å². The van der Waals surface area contributed by atoms with Gasteiger partial charge in [0.1, 0.15) is 24.4 Å². The molecule has 6 aromatic carbocycles. The number of thioether (sulfide) groups is 2. The molecule has 1 fully saturated rings. The zero-order chi connectivity index (χ0) is 52.0. The Morgan fingerprint density at radius 3 is 1.35 bits per heavy atom. The Bertz CT molecular complexity index is 2400. The van der Waals surface area contributed by atoms with Crippen molar-refractivity contribution in [2.45, 2.75) is 72.7 Å². The summed E-state index contributed by atoms with van der Waals surface area (Å²) in [7, 11) is 0. The van der Waals surface area contributed by atoms with E-state index < -0.39 is 52.7 Å². The fourth-order valence-electron chi connectivity index (χ4n) is 9.61. The highest BCUT2D eigenvalue weighted by molar-refractivity contribution is 8.00. The lowest BCUT2D eigenvalue weighted by molar-refractivity contribution is -0.270. The molecule has 1 aliphatic rings. The molecule has 0 aliphatic carbocycles. The molecule has 1 aliphatic heterocycles. The van der Waals surface area contributed by atoms with E-state index in [4.69, 9.17) is 9.47 Å². The van der Waals surface area contributed by atoms with Gasteiger partial charge in [-0.05, 0) is 46.2 Å². The van der Waals surface area contributed by atoms with Crippen LogP contribution in [0.3, 0.4) is 0 Å². The minimum atomic E-state index is -1.38. The number of nitrogens with one attached hydrogen (secondary N) is 3. The number of aliphatic hydroxyl groups excluding tert-OH is 3. The van der Waals surface area contributed by atoms with Gasteiger partial charge in [-0.2, -0.15) is 0 Å². The first kappa shape index (κ1) is 55.9. The van der Waals surface area contributed by atoms with Gasteiger partial charge in [0, 0.05) is 44.7 Å². The molecule has 1 saturated heterocycles. The molecule has 12 nitrogen and oxygen atoms in total. The Morgan fingerprint density at radius 2 is 0.946 bits per heavy atom. The summed E-state index contributed by atoms with van der Waals surface area (Å²) < 4.78 is 10.5. The van der Waals surface area contributed by atoms with Crippen LogP contribution in [0.15, 0.2) is 182 Å². The van der Waals surface area contributed by atoms with Crippen molar-refractivity contribution < 1.29 is 39.2 Å². The Kier molecular flexibility index (Phi) is 21.7. The van der Waals surface area contributed by atoms with E-state index >= 15 is 0 Å². The van der Waals surface area contributed by atoms with Gasteiger partial charge < -0.3 is 40.7 Å². The lowest BCUT2D eigenvalue weighted by Gasteiger charge is -2.42. The zero-order valence-electron chi connectivity index (χ0n) is 42.0. The number of hydrogen-bond acceptors (Lipinski definition) is 11. The Morgan fingerprint density at radius 1 is 0.554 bits per heavy atom. The van der Waals surface area contributed by atoms with Crippen LogP contribution in [-0.2, 0) is 33.4 Å². The van der Waals surface area contributed by atoms with E-state index in [1.54, 1.807) is 23.5 Å². The van der Waals surface area contributed by atoms with Crippen LogP contribution >= 0.6 is 23.5 Å². The van der Waals surface area contributed by atoms with Gasteiger partial charge in [-0.3, -0.25) is 19.3 Å². The predicted octanol–water partition coefficient (Wildman–Crippen LogP) is 7.49. The quantitative estimate of drug-likeness (QED) is 0.0213. The fourth-order valence-corrected chi connectivity index (χ4v) is 12.6. The molecule has 6 N–H and O–H groups in total. The molecule has 0 radical (unpaired) electrons. The van der Waals surface area contributed by atoms with E-state index in [0.29, 0.717) is 37.6 Å². The summed E-state index contributed by atoms with van der Waals surface area (Å²) in [5.74, 6) is 0.504. The van der Waals surface area contributed by atoms with Crippen molar-refractivity contribution in [1.29, 1.82) is 0 Å². The average molecular weight is 1040 g/mol. The number of aliphatic hydroxyl groups is 3. The largest absolute Gasteiger partial charge is 0.394 e. The standard InChI is InChI=1S/C60H70N4O8S2/c1-45(66)63-55-57(70)56(69)52(44-65)72-58(55)71-39-23-3-2-22-36-61-53(67)42-64(38-41-74-60(49-30-16-7-17-31-49,50-32-18-8-19-33-50)51-34-20-9-21-35-51)43-54(68)62-37-40-73-59(46-24-10-4-11-25-46,47-26-12-5-13-27-47)48-28-14-6-15-29-48/h4-21,24-35,52,55-58,65,69-70H,2-3,22-23,36-44H2,1H3,(H,61,67)(H,62,68)(H,63,66)/t52-,55-,56+,57-,58-/m1/s1. The lowest BCUT2D eigenvalue weighted by Crippen LogP contribution is -2.64. The minimum Gasteiger partial charge on any atom is -0.394 e. The van der Waals surface area contributed by atoms with Crippen molar-refractivity contribution in [3.05, 3.63) is 215 Å². The number of benzene rings is 6. The van der Waals surface area contributed by atoms with Crippen LogP contribution in [0.4, 0.5) is 0 Å². The number of rotatable bonds is 28. The number of unbranched alkanes of at least 4 members (excludes halogenated alkanes) is 3. The van der Waals surface area contributed by atoms with Gasteiger partial charge in [-0.15, -0.1) is 23.5 Å². The zero-order valence-corrected chi connectivity index (χ0v) is 43.7. The normalized spacial score (nSPS) is 17.9. The first-order valence-electron chi connectivity index (χ1n) is 25.5. The first-order valence-corrected chi connectivity index (χ1v) is 27.5. The lowest BCUT2D eigenvalue weighted by atomic mass is 9.84. The number of amides is 3. The number of hydrogen-bond donors (Lipinski definition) is 6. The van der Waals surface area contributed by atoms with Crippen LogP contribution in [0.25, 0.3) is 0 Å². The predicted molar refractivity (Wildman–Crippen MR) is 296 cm³/mol. The second kappa shape index (κ2) is 28.7. The molecule has 0 saturated carbocycles. The van der Waals surface area contributed by atoms with Gasteiger partial charge in [-0.25, -0.2) is 0 Å². The smallest absolute Gasteiger partial charge is 0.234 e. The average Bonchev–Trinajstić information content (AvgIpc) is 3.44. The van der Waals surface area contributed by atoms with Gasteiger partial charge in [0.2, 0.25) is 17.7 Å². The Hall–Kier alpha value is -5.81. The summed E-state index contributed by atoms with van der Waals surface area (Å²) in [4.78, 5) is 41.5. The maximum Gasteiger partial charge on any atom is 0.234 e. The second-order valence-corrected chi connectivity index (χ2v) is 21.0. The number of carbonyl (C=O) groups is 3. The van der Waals surface area contributed by atoms with Crippen molar-refractivity contribution >= 4 is 41.2 Å². The van der Waals surface area contributed by atoms with Gasteiger partial charge >= 0.3 is 0 Å². The number of ether oxygens (including phenoxy) is 2. The van der Waals surface area contributed by atoms with Gasteiger partial charge in [-0.1, -0.05) is 195 Å². The molecule has 3 amide bonds. The molecule has 0 aromatic heterocycles. The maximum atomic E-state index is 14.0. The Labute approximate surface area is 444 Å². The number of carbonyl (C=O) groups excluding carboxylic acids is 3. The van der Waals surface area contributed by atoms with Gasteiger partial charge in [0.05, 0.1) is 29.2 Å². The van der Waals surface area contributed by atoms with Crippen molar-refractivity contribution in [3.63, 3.8) is 0 Å². The molecular formula is C60H70N4O8S2. The molecule has 0 spiro atoms. The highest BCUT2D eigenvalue weighted by atomic mass is 32.2. The topological polar surface area (TPSA) is 170 Å². The van der Waals surface area contributed by atoms with Crippen molar-refractivity contribution in [2.75, 3.05) is 57.4 Å². The van der Waals surface area contributed by atoms with E-state index in [0.717, 1.165) is 52.6 Å². The molecule has 0 bridgehead atoms. The van der Waals surface area contributed by atoms with E-state index in [1.165, 1.54) is 6.92 Å². The molecule has 74 heavy (non-hydrogen) atoms. The summed E-state index contributed by atoms with van der Waals surface area (Å²) in [6, 6.07) is 62.0. The molecule has 7 rings (SSSR count). The highest BCUT2D eigenvalue weighted by Gasteiger charge is 2.45. The van der Waals surface area contributed by atoms with E-state index in [9.17, 15) is 29.7 Å². The van der Waals surface area contributed by atoms with Crippen molar-refractivity contribution in [2.24, 2.45) is 0 Å². The molecule has 390 valence electrons. The third-order valence-electron chi connectivity index (χ3n) is 13.2. The summed E-state index contributed by atoms with van der Waals surface area (Å²) in [5.41, 5.74) is 6.86. The highest BCUT2D eigenvalue weighted by Crippen LogP contribution is 2.49. The third-order valence-corrected chi connectivity index (χ3v) is 16.3. The molecule has 6 aromatic rings. The summed E-state index contributed by atoms with van der Waals surface area (Å²) >= 11 is 3.58. The molecular weight excluding hydrogens is 969 g/mol. The monoisotopic (exact) mass is 1040 g/mol. The maximum absolute atomic E-state index is 14.0. The second-order valence-electron chi connectivity index (χ2n) is 18.4. The van der Waals surface area contributed by atoms with Crippen molar-refractivity contribution in [3.8, 4) is 0 Å². The van der Waals surface area contributed by atoms with E-state index in [-0.39, 0.29) is 31.5 Å². The molecule has 5 atom stereocenters. The van der Waals surface area contributed by atoms with E-state index in [2.05, 4.69) is 162 Å². The van der Waals surface area contributed by atoms with Crippen LogP contribution < -0.4 is 16.0 Å². The Balaban J connectivity index is 0.990. The first-order chi connectivity index (χ1) is 36.1. The molecule has 0 unspecified atom stereocenters. The number of nitrogens with zero attached hydrogens (tertiary/aromatic N) is 1. The van der Waals surface area contributed by atoms with Crippen molar-refractivity contribution in [1.82, 2.24) is 20.9 Å². The minimum absolute atomic E-state index is 0.0386. The summed E-state index contributed by atoms with van der Waals surface area (Å²) in [6.07, 6.45) is -1.90. The van der Waals surface area contributed by atoms with Gasteiger partial charge in [0.25, 0.3) is 0 Å². The van der Waals surface area contributed by atoms with Crippen LogP contribution in [0.2, 0.25) is 0 Å². The van der Waals surface area contributed by atoms with Crippen LogP contribution in [0.1, 0.15) is 66.0 Å². The van der Waals surface area contributed by atoms with Crippen LogP contribution in [0.5, 0.6) is 0 Å². The molecule has 14 heteroatoms. The summed E-state index contributed by atoms with van der Waals surface area (Å²) in [5, 5.41) is 39.4. The third kappa shape index (κ3) is 14.7. The molecule has 1 heterocycles. The van der Waals surface area contributed by atoms with Crippen LogP contribution in [0, 0.1) is 0 Å².